The fourth-order valence-electron chi connectivity index (χ4n) is 3.71. The third kappa shape index (κ3) is 4.40. The molecule has 1 aromatic heterocycles. The lowest BCUT2D eigenvalue weighted by Gasteiger charge is -2.11. The van der Waals surface area contributed by atoms with Crippen molar-refractivity contribution < 1.29 is 14.3 Å². The van der Waals surface area contributed by atoms with Gasteiger partial charge in [-0.05, 0) is 48.2 Å². The number of ether oxygens (including phenoxy) is 2. The number of thiophene rings is 1. The zero-order valence-electron chi connectivity index (χ0n) is 18.3. The third-order valence-electron chi connectivity index (χ3n) is 5.31. The van der Waals surface area contributed by atoms with Gasteiger partial charge in [0.15, 0.2) is 11.5 Å². The number of hydrogen-bond acceptors (Lipinski definition) is 5. The van der Waals surface area contributed by atoms with Crippen LogP contribution in [0.3, 0.4) is 0 Å². The standard InChI is InChI=1S/C28H20ClNO3S/c1-2-32-24-16-18(17-30-22-12-7-9-19-8-3-4-10-20(19)22)14-15-23(24)33-28(31)27-26(29)21-11-5-6-13-25(21)34-27/h3-17H,2H2,1H3. The summed E-state index contributed by atoms with van der Waals surface area (Å²) in [6.45, 7) is 2.31. The van der Waals surface area contributed by atoms with Crippen molar-refractivity contribution in [1.82, 2.24) is 0 Å². The smallest absolute Gasteiger partial charge is 0.355 e. The normalized spacial score (nSPS) is 11.4. The second-order valence-electron chi connectivity index (χ2n) is 7.53. The Labute approximate surface area is 206 Å². The highest BCUT2D eigenvalue weighted by molar-refractivity contribution is 7.21. The lowest BCUT2D eigenvalue weighted by atomic mass is 10.1. The zero-order chi connectivity index (χ0) is 23.5. The van der Waals surface area contributed by atoms with Crippen LogP contribution in [0.15, 0.2) is 89.9 Å². The lowest BCUT2D eigenvalue weighted by molar-refractivity contribution is 0.0733. The van der Waals surface area contributed by atoms with Crippen molar-refractivity contribution in [2.75, 3.05) is 6.61 Å². The van der Waals surface area contributed by atoms with Crippen molar-refractivity contribution in [2.24, 2.45) is 4.99 Å². The first-order chi connectivity index (χ1) is 16.6. The van der Waals surface area contributed by atoms with Gasteiger partial charge in [0.25, 0.3) is 0 Å². The molecule has 0 saturated carbocycles. The van der Waals surface area contributed by atoms with E-state index in [9.17, 15) is 4.79 Å². The van der Waals surface area contributed by atoms with Crippen molar-refractivity contribution in [3.8, 4) is 11.5 Å². The minimum Gasteiger partial charge on any atom is -0.490 e. The first-order valence-electron chi connectivity index (χ1n) is 10.8. The third-order valence-corrected chi connectivity index (χ3v) is 6.97. The van der Waals surface area contributed by atoms with Crippen LogP contribution in [-0.2, 0) is 0 Å². The number of fused-ring (bicyclic) bond motifs is 2. The number of benzene rings is 4. The predicted molar refractivity (Wildman–Crippen MR) is 141 cm³/mol. The number of nitrogens with zero attached hydrogens (tertiary/aromatic N) is 1. The van der Waals surface area contributed by atoms with Crippen LogP contribution in [0.4, 0.5) is 5.69 Å². The quantitative estimate of drug-likeness (QED) is 0.139. The molecule has 0 aliphatic heterocycles. The maximum Gasteiger partial charge on any atom is 0.355 e. The van der Waals surface area contributed by atoms with Crippen LogP contribution in [0.2, 0.25) is 5.02 Å². The van der Waals surface area contributed by atoms with E-state index in [-0.39, 0.29) is 0 Å². The van der Waals surface area contributed by atoms with Crippen molar-refractivity contribution in [3.05, 3.63) is 100 Å². The van der Waals surface area contributed by atoms with Crippen molar-refractivity contribution in [2.45, 2.75) is 6.92 Å². The first kappa shape index (κ1) is 22.1. The maximum absolute atomic E-state index is 12.9. The Kier molecular flexibility index (Phi) is 6.30. The largest absolute Gasteiger partial charge is 0.490 e. The van der Waals surface area contributed by atoms with Crippen LogP contribution in [0.5, 0.6) is 11.5 Å². The highest BCUT2D eigenvalue weighted by Crippen LogP contribution is 2.37. The van der Waals surface area contributed by atoms with E-state index in [4.69, 9.17) is 21.1 Å². The van der Waals surface area contributed by atoms with Gasteiger partial charge in [-0.2, -0.15) is 0 Å². The van der Waals surface area contributed by atoms with Gasteiger partial charge in [-0.3, -0.25) is 4.99 Å². The van der Waals surface area contributed by atoms with Gasteiger partial charge in [0.1, 0.15) is 4.88 Å². The van der Waals surface area contributed by atoms with Crippen LogP contribution in [0.1, 0.15) is 22.2 Å². The lowest BCUT2D eigenvalue weighted by Crippen LogP contribution is -2.08. The van der Waals surface area contributed by atoms with E-state index < -0.39 is 5.97 Å². The van der Waals surface area contributed by atoms with Crippen LogP contribution < -0.4 is 9.47 Å². The van der Waals surface area contributed by atoms with Gasteiger partial charge in [0, 0.05) is 21.7 Å². The molecule has 0 aliphatic rings. The molecule has 1 heterocycles. The number of halogens is 1. The zero-order valence-corrected chi connectivity index (χ0v) is 19.9. The molecule has 0 fully saturated rings. The fraction of sp³-hybridized carbons (Fsp3) is 0.0714. The van der Waals surface area contributed by atoms with Gasteiger partial charge in [-0.25, -0.2) is 4.79 Å². The molecule has 0 spiro atoms. The molecule has 0 radical (unpaired) electrons. The van der Waals surface area contributed by atoms with Gasteiger partial charge < -0.3 is 9.47 Å². The summed E-state index contributed by atoms with van der Waals surface area (Å²) in [6.07, 6.45) is 1.78. The highest BCUT2D eigenvalue weighted by Gasteiger charge is 2.20. The van der Waals surface area contributed by atoms with E-state index in [1.54, 1.807) is 12.3 Å². The Morgan fingerprint density at radius 1 is 0.941 bits per heavy atom. The predicted octanol–water partition coefficient (Wildman–Crippen LogP) is 8.08. The second-order valence-corrected chi connectivity index (χ2v) is 8.96. The Morgan fingerprint density at radius 2 is 1.71 bits per heavy atom. The molecular weight excluding hydrogens is 466 g/mol. The molecule has 34 heavy (non-hydrogen) atoms. The Balaban J connectivity index is 1.42. The molecular formula is C28H20ClNO3S. The monoisotopic (exact) mass is 485 g/mol. The first-order valence-corrected chi connectivity index (χ1v) is 12.0. The Hall–Kier alpha value is -3.67. The van der Waals surface area contributed by atoms with E-state index in [1.165, 1.54) is 11.3 Å². The van der Waals surface area contributed by atoms with Crippen LogP contribution in [-0.4, -0.2) is 18.8 Å². The summed E-state index contributed by atoms with van der Waals surface area (Å²) >= 11 is 7.76. The van der Waals surface area contributed by atoms with Crippen LogP contribution in [0, 0.1) is 0 Å². The molecule has 0 saturated heterocycles. The van der Waals surface area contributed by atoms with Gasteiger partial charge in [-0.15, -0.1) is 11.3 Å². The molecule has 5 rings (SSSR count). The van der Waals surface area contributed by atoms with Crippen molar-refractivity contribution >= 4 is 61.7 Å². The molecule has 0 amide bonds. The minimum absolute atomic E-state index is 0.336. The molecule has 5 aromatic rings. The van der Waals surface area contributed by atoms with Crippen LogP contribution in [0.25, 0.3) is 20.9 Å². The Bertz CT molecular complexity index is 1530. The number of aliphatic imine (C=N–C) groups is 1. The average molecular weight is 486 g/mol. The number of rotatable bonds is 6. The second kappa shape index (κ2) is 9.67. The summed E-state index contributed by atoms with van der Waals surface area (Å²) in [4.78, 5) is 17.9. The SMILES string of the molecule is CCOc1cc(C=Nc2cccc3ccccc23)ccc1OC(=O)c1sc2ccccc2c1Cl. The van der Waals surface area contributed by atoms with Crippen LogP contribution >= 0.6 is 22.9 Å². The summed E-state index contributed by atoms with van der Waals surface area (Å²) in [5, 5.41) is 3.46. The Morgan fingerprint density at radius 3 is 2.53 bits per heavy atom. The molecule has 0 aliphatic carbocycles. The average Bonchev–Trinajstić information content (AvgIpc) is 3.21. The van der Waals surface area contributed by atoms with E-state index in [0.717, 1.165) is 32.1 Å². The van der Waals surface area contributed by atoms with Gasteiger partial charge in [-0.1, -0.05) is 66.2 Å². The van der Waals surface area contributed by atoms with E-state index in [1.807, 2.05) is 67.6 Å². The molecule has 0 unspecified atom stereocenters. The summed E-state index contributed by atoms with van der Waals surface area (Å²) < 4.78 is 12.4. The van der Waals surface area contributed by atoms with Crippen molar-refractivity contribution in [1.29, 1.82) is 0 Å². The van der Waals surface area contributed by atoms with E-state index in [0.29, 0.717) is 28.0 Å². The number of esters is 1. The highest BCUT2D eigenvalue weighted by atomic mass is 35.5. The molecule has 0 atom stereocenters. The molecule has 4 nitrogen and oxygen atoms in total. The molecule has 0 bridgehead atoms. The van der Waals surface area contributed by atoms with Gasteiger partial charge >= 0.3 is 5.97 Å². The minimum atomic E-state index is -0.510. The molecule has 0 N–H and O–H groups in total. The summed E-state index contributed by atoms with van der Waals surface area (Å²) in [7, 11) is 0. The number of carbonyl (C=O) groups excluding carboxylic acids is 1. The van der Waals surface area contributed by atoms with E-state index >= 15 is 0 Å². The van der Waals surface area contributed by atoms with Gasteiger partial charge in [0.05, 0.1) is 17.3 Å². The summed E-state index contributed by atoms with van der Waals surface area (Å²) in [6, 6.07) is 27.1. The summed E-state index contributed by atoms with van der Waals surface area (Å²) in [5.74, 6) is 0.293. The number of hydrogen-bond donors (Lipinski definition) is 0. The molecule has 6 heteroatoms. The number of carbonyl (C=O) groups is 1. The van der Waals surface area contributed by atoms with Gasteiger partial charge in [0.2, 0.25) is 0 Å². The topological polar surface area (TPSA) is 47.9 Å². The summed E-state index contributed by atoms with van der Waals surface area (Å²) in [5.41, 5.74) is 1.71. The maximum atomic E-state index is 12.9. The fourth-order valence-corrected chi connectivity index (χ4v) is 5.10. The van der Waals surface area contributed by atoms with Crippen molar-refractivity contribution in [3.63, 3.8) is 0 Å². The molecule has 4 aromatic carbocycles. The van der Waals surface area contributed by atoms with E-state index in [2.05, 4.69) is 23.2 Å². The molecule has 168 valence electrons.